The molecule has 0 radical (unpaired) electrons. The van der Waals surface area contributed by atoms with Crippen molar-refractivity contribution in [3.05, 3.63) is 15.4 Å². The van der Waals surface area contributed by atoms with E-state index < -0.39 is 10.0 Å². The molecule has 96 valence electrons. The molecule has 1 heterocycles. The van der Waals surface area contributed by atoms with Crippen molar-refractivity contribution in [1.82, 2.24) is 4.72 Å². The van der Waals surface area contributed by atoms with Crippen LogP contribution in [0.4, 0.5) is 0 Å². The molecule has 1 aliphatic carbocycles. The first-order valence-corrected chi connectivity index (χ1v) is 8.53. The highest BCUT2D eigenvalue weighted by Crippen LogP contribution is 2.31. The maximum absolute atomic E-state index is 12.1. The van der Waals surface area contributed by atoms with Gasteiger partial charge in [0.25, 0.3) is 0 Å². The Bertz CT molecular complexity index is 493. The smallest absolute Gasteiger partial charge is 0.250 e. The Morgan fingerprint density at radius 3 is 2.71 bits per heavy atom. The van der Waals surface area contributed by atoms with Crippen LogP contribution in [-0.4, -0.2) is 20.5 Å². The van der Waals surface area contributed by atoms with Gasteiger partial charge < -0.3 is 5.73 Å². The fourth-order valence-corrected chi connectivity index (χ4v) is 5.52. The highest BCUT2D eigenvalue weighted by atomic mass is 79.9. The molecule has 1 aromatic rings. The fraction of sp³-hybridized carbons (Fsp3) is 0.600. The number of hydrogen-bond acceptors (Lipinski definition) is 4. The van der Waals surface area contributed by atoms with Gasteiger partial charge in [0.2, 0.25) is 10.0 Å². The lowest BCUT2D eigenvalue weighted by molar-refractivity contribution is 0.523. The van der Waals surface area contributed by atoms with Crippen molar-refractivity contribution in [2.24, 2.45) is 5.73 Å². The summed E-state index contributed by atoms with van der Waals surface area (Å²) in [6.07, 6.45) is 2.70. The van der Waals surface area contributed by atoms with Gasteiger partial charge >= 0.3 is 0 Å². The minimum atomic E-state index is -3.42. The lowest BCUT2D eigenvalue weighted by atomic mass is 10.2. The van der Waals surface area contributed by atoms with Crippen LogP contribution in [-0.2, 0) is 10.0 Å². The Kier molecular flexibility index (Phi) is 3.94. The first kappa shape index (κ1) is 13.5. The van der Waals surface area contributed by atoms with Gasteiger partial charge in [-0.1, -0.05) is 6.42 Å². The fourth-order valence-electron chi connectivity index (χ4n) is 1.96. The van der Waals surface area contributed by atoms with E-state index in [2.05, 4.69) is 20.7 Å². The Labute approximate surface area is 114 Å². The molecule has 1 aromatic heterocycles. The van der Waals surface area contributed by atoms with Crippen LogP contribution in [0, 0.1) is 6.92 Å². The van der Waals surface area contributed by atoms with Gasteiger partial charge in [-0.25, -0.2) is 13.1 Å². The number of rotatable bonds is 3. The van der Waals surface area contributed by atoms with Gasteiger partial charge in [0, 0.05) is 12.1 Å². The van der Waals surface area contributed by atoms with E-state index in [1.54, 1.807) is 6.07 Å². The van der Waals surface area contributed by atoms with Gasteiger partial charge in [0.1, 0.15) is 4.21 Å². The van der Waals surface area contributed by atoms with Crippen LogP contribution in [0.2, 0.25) is 0 Å². The van der Waals surface area contributed by atoms with Crippen molar-refractivity contribution in [2.75, 3.05) is 0 Å². The van der Waals surface area contributed by atoms with Crippen LogP contribution in [0.15, 0.2) is 14.1 Å². The van der Waals surface area contributed by atoms with Crippen molar-refractivity contribution in [2.45, 2.75) is 42.5 Å². The number of aryl methyl sites for hydroxylation is 1. The maximum atomic E-state index is 12.1. The van der Waals surface area contributed by atoms with E-state index >= 15 is 0 Å². The Morgan fingerprint density at radius 2 is 2.24 bits per heavy atom. The molecule has 0 spiro atoms. The summed E-state index contributed by atoms with van der Waals surface area (Å²) in [5.74, 6) is 0. The van der Waals surface area contributed by atoms with E-state index in [1.807, 2.05) is 6.92 Å². The summed E-state index contributed by atoms with van der Waals surface area (Å²) in [5.41, 5.74) is 6.80. The van der Waals surface area contributed by atoms with Crippen LogP contribution in [0.1, 0.15) is 24.8 Å². The third-order valence-electron chi connectivity index (χ3n) is 2.98. The van der Waals surface area contributed by atoms with Crippen molar-refractivity contribution in [1.29, 1.82) is 0 Å². The third kappa shape index (κ3) is 2.90. The van der Waals surface area contributed by atoms with Gasteiger partial charge in [0.15, 0.2) is 0 Å². The summed E-state index contributed by atoms with van der Waals surface area (Å²) in [4.78, 5) is 0. The second-order valence-corrected chi connectivity index (χ2v) is 8.66. The maximum Gasteiger partial charge on any atom is 0.250 e. The summed E-state index contributed by atoms with van der Waals surface area (Å²) in [6, 6.07) is 1.49. The SMILES string of the molecule is Cc1cc(S(=O)(=O)NC2CCCC2N)sc1Br. The lowest BCUT2D eigenvalue weighted by Crippen LogP contribution is -2.43. The highest BCUT2D eigenvalue weighted by Gasteiger charge is 2.29. The predicted molar refractivity (Wildman–Crippen MR) is 72.7 cm³/mol. The standard InChI is InChI=1S/C10H15BrN2O2S2/c1-6-5-9(16-10(6)11)17(14,15)13-8-4-2-3-7(8)12/h5,7-8,13H,2-4,12H2,1H3. The van der Waals surface area contributed by atoms with Crippen molar-refractivity contribution >= 4 is 37.3 Å². The molecular formula is C10H15BrN2O2S2. The summed E-state index contributed by atoms with van der Waals surface area (Å²) in [5, 5.41) is 0. The average molecular weight is 339 g/mol. The molecular weight excluding hydrogens is 324 g/mol. The van der Waals surface area contributed by atoms with Gasteiger partial charge in [-0.15, -0.1) is 11.3 Å². The van der Waals surface area contributed by atoms with E-state index in [9.17, 15) is 8.42 Å². The molecule has 0 aromatic carbocycles. The topological polar surface area (TPSA) is 72.2 Å². The van der Waals surface area contributed by atoms with Crippen molar-refractivity contribution in [3.8, 4) is 0 Å². The monoisotopic (exact) mass is 338 g/mol. The van der Waals surface area contributed by atoms with E-state index in [0.717, 1.165) is 28.6 Å². The number of nitrogens with one attached hydrogen (secondary N) is 1. The quantitative estimate of drug-likeness (QED) is 0.884. The van der Waals surface area contributed by atoms with Crippen molar-refractivity contribution < 1.29 is 8.42 Å². The average Bonchev–Trinajstić information content (AvgIpc) is 2.76. The molecule has 2 atom stereocenters. The summed E-state index contributed by atoms with van der Waals surface area (Å²) >= 11 is 4.57. The van der Waals surface area contributed by atoms with Crippen LogP contribution in [0.5, 0.6) is 0 Å². The summed E-state index contributed by atoms with van der Waals surface area (Å²) < 4.78 is 28.1. The van der Waals surface area contributed by atoms with E-state index in [0.29, 0.717) is 4.21 Å². The van der Waals surface area contributed by atoms with Crippen LogP contribution >= 0.6 is 27.3 Å². The second-order valence-electron chi connectivity index (χ2n) is 4.34. The van der Waals surface area contributed by atoms with Gasteiger partial charge in [0.05, 0.1) is 3.79 Å². The van der Waals surface area contributed by atoms with Crippen LogP contribution in [0.25, 0.3) is 0 Å². The molecule has 0 aliphatic heterocycles. The minimum Gasteiger partial charge on any atom is -0.326 e. The molecule has 1 saturated carbocycles. The van der Waals surface area contributed by atoms with Crippen LogP contribution in [0.3, 0.4) is 0 Å². The molecule has 4 nitrogen and oxygen atoms in total. The van der Waals surface area contributed by atoms with E-state index in [-0.39, 0.29) is 12.1 Å². The molecule has 2 unspecified atom stereocenters. The first-order valence-electron chi connectivity index (χ1n) is 5.44. The molecule has 0 bridgehead atoms. The molecule has 1 fully saturated rings. The van der Waals surface area contributed by atoms with Crippen molar-refractivity contribution in [3.63, 3.8) is 0 Å². The summed E-state index contributed by atoms with van der Waals surface area (Å²) in [6.45, 7) is 1.88. The zero-order chi connectivity index (χ0) is 12.6. The van der Waals surface area contributed by atoms with Gasteiger partial charge in [-0.3, -0.25) is 0 Å². The molecule has 17 heavy (non-hydrogen) atoms. The largest absolute Gasteiger partial charge is 0.326 e. The van der Waals surface area contributed by atoms with Crippen LogP contribution < -0.4 is 10.5 Å². The molecule has 0 saturated heterocycles. The molecule has 1 aliphatic rings. The van der Waals surface area contributed by atoms with E-state index in [4.69, 9.17) is 5.73 Å². The Hall–Kier alpha value is 0.0500. The lowest BCUT2D eigenvalue weighted by Gasteiger charge is -2.16. The second kappa shape index (κ2) is 4.97. The number of halogens is 1. The predicted octanol–water partition coefficient (Wildman–Crippen LogP) is 1.98. The number of sulfonamides is 1. The zero-order valence-electron chi connectivity index (χ0n) is 9.44. The van der Waals surface area contributed by atoms with E-state index in [1.165, 1.54) is 11.3 Å². The number of nitrogens with two attached hydrogens (primary N) is 1. The normalized spacial score (nSPS) is 25.4. The first-order chi connectivity index (χ1) is 7.90. The Morgan fingerprint density at radius 1 is 1.53 bits per heavy atom. The minimum absolute atomic E-state index is 0.0609. The van der Waals surface area contributed by atoms with Gasteiger partial charge in [-0.2, -0.15) is 0 Å². The highest BCUT2D eigenvalue weighted by molar-refractivity contribution is 9.11. The third-order valence-corrected chi connectivity index (χ3v) is 7.08. The summed E-state index contributed by atoms with van der Waals surface area (Å²) in [7, 11) is -3.42. The number of hydrogen-bond donors (Lipinski definition) is 2. The zero-order valence-corrected chi connectivity index (χ0v) is 12.7. The molecule has 3 N–H and O–H groups in total. The molecule has 2 rings (SSSR count). The van der Waals surface area contributed by atoms with Gasteiger partial charge in [-0.05, 0) is 47.3 Å². The molecule has 0 amide bonds. The number of thiophene rings is 1. The Balaban J connectivity index is 2.19. The molecule has 7 heteroatoms.